The van der Waals surface area contributed by atoms with Gasteiger partial charge in [0.2, 0.25) is 5.54 Å². The van der Waals surface area contributed by atoms with Crippen LogP contribution in [-0.2, 0) is 23.8 Å². The van der Waals surface area contributed by atoms with Crippen LogP contribution in [0.25, 0.3) is 0 Å². The maximum atomic E-state index is 12.2. The normalized spacial score (nSPS) is 10.2. The number of ether oxygens (including phenoxy) is 3. The first-order valence-corrected chi connectivity index (χ1v) is 7.09. The second-order valence-corrected chi connectivity index (χ2v) is 4.14. The van der Waals surface area contributed by atoms with E-state index in [4.69, 9.17) is 9.47 Å². The molecule has 2 N–H and O–H groups in total. The molecule has 0 radical (unpaired) electrons. The number of rotatable bonds is 8. The van der Waals surface area contributed by atoms with E-state index in [0.29, 0.717) is 0 Å². The minimum atomic E-state index is -2.13. The fourth-order valence-electron chi connectivity index (χ4n) is 1.61. The first-order chi connectivity index (χ1) is 10.9. The summed E-state index contributed by atoms with van der Waals surface area (Å²) in [5.41, 5.74) is -2.13. The molecular formula is C14H22N2O7. The molecule has 0 rings (SSSR count). The number of esters is 2. The van der Waals surface area contributed by atoms with Crippen molar-refractivity contribution in [1.29, 1.82) is 0 Å². The molecule has 0 aliphatic carbocycles. The predicted octanol–water partition coefficient (Wildman–Crippen LogP) is 0.883. The predicted molar refractivity (Wildman–Crippen MR) is 79.5 cm³/mol. The zero-order valence-electron chi connectivity index (χ0n) is 13.5. The third-order valence-electron chi connectivity index (χ3n) is 2.52. The second kappa shape index (κ2) is 10.2. The number of carbonyl (C=O) groups excluding carboxylic acids is 4. The van der Waals surface area contributed by atoms with Crippen molar-refractivity contribution in [1.82, 2.24) is 10.6 Å². The van der Waals surface area contributed by atoms with Crippen LogP contribution in [0.3, 0.4) is 0 Å². The van der Waals surface area contributed by atoms with E-state index in [1.807, 2.05) is 5.32 Å². The van der Waals surface area contributed by atoms with Crippen LogP contribution in [0.4, 0.5) is 9.59 Å². The molecule has 0 aromatic heterocycles. The summed E-state index contributed by atoms with van der Waals surface area (Å²) < 4.78 is 14.2. The number of amides is 3. The van der Waals surface area contributed by atoms with Crippen LogP contribution in [0.15, 0.2) is 12.7 Å². The Balaban J connectivity index is 5.41. The summed E-state index contributed by atoms with van der Waals surface area (Å²) in [7, 11) is 0. The van der Waals surface area contributed by atoms with Crippen molar-refractivity contribution in [3.8, 4) is 0 Å². The Morgan fingerprint density at radius 3 is 1.83 bits per heavy atom. The number of carbonyl (C=O) groups is 4. The maximum absolute atomic E-state index is 12.2. The number of alkyl carbamates (subject to hydrolysis) is 1. The Kier molecular flexibility index (Phi) is 9.05. The Labute approximate surface area is 134 Å². The van der Waals surface area contributed by atoms with Crippen molar-refractivity contribution in [2.45, 2.75) is 32.7 Å². The molecule has 0 aromatic rings. The van der Waals surface area contributed by atoms with Crippen molar-refractivity contribution >= 4 is 24.1 Å². The summed E-state index contributed by atoms with van der Waals surface area (Å²) in [6.07, 6.45) is -0.0513. The van der Waals surface area contributed by atoms with Crippen LogP contribution in [0.1, 0.15) is 27.2 Å². The van der Waals surface area contributed by atoms with Gasteiger partial charge in [-0.25, -0.2) is 24.5 Å². The zero-order chi connectivity index (χ0) is 17.9. The molecule has 9 nitrogen and oxygen atoms in total. The van der Waals surface area contributed by atoms with E-state index in [1.54, 1.807) is 20.8 Å². The molecule has 0 fully saturated rings. The van der Waals surface area contributed by atoms with E-state index < -0.39 is 29.6 Å². The standard InChI is InChI=1S/C14H22N2O7/c1-5-9-14(10(17)21-6-2,11(18)22-7-3)16-12(19)15-13(20)23-8-4/h5H,1,6-9H2,2-4H3,(H2,15,16,19,20). The van der Waals surface area contributed by atoms with Crippen LogP contribution in [-0.4, -0.2) is 49.4 Å². The van der Waals surface area contributed by atoms with E-state index in [9.17, 15) is 19.2 Å². The van der Waals surface area contributed by atoms with E-state index >= 15 is 0 Å². The number of nitrogens with one attached hydrogen (secondary N) is 2. The van der Waals surface area contributed by atoms with Gasteiger partial charge in [-0.1, -0.05) is 6.08 Å². The Morgan fingerprint density at radius 2 is 1.43 bits per heavy atom. The Hall–Kier alpha value is -2.58. The number of imide groups is 1. The van der Waals surface area contributed by atoms with Crippen molar-refractivity contribution < 1.29 is 33.4 Å². The number of hydrogen-bond donors (Lipinski definition) is 2. The third kappa shape index (κ3) is 5.97. The average molecular weight is 330 g/mol. The van der Waals surface area contributed by atoms with Gasteiger partial charge in [0.1, 0.15) is 0 Å². The summed E-state index contributed by atoms with van der Waals surface area (Å²) in [5, 5.41) is 3.95. The van der Waals surface area contributed by atoms with E-state index in [2.05, 4.69) is 16.6 Å². The quantitative estimate of drug-likeness (QED) is 0.293. The fraction of sp³-hybridized carbons (Fsp3) is 0.571. The topological polar surface area (TPSA) is 120 Å². The number of urea groups is 1. The lowest BCUT2D eigenvalue weighted by Crippen LogP contribution is -2.63. The van der Waals surface area contributed by atoms with Gasteiger partial charge in [0, 0.05) is 6.42 Å². The van der Waals surface area contributed by atoms with E-state index in [-0.39, 0.29) is 26.2 Å². The minimum absolute atomic E-state index is 0.0156. The first-order valence-electron chi connectivity index (χ1n) is 7.09. The molecule has 0 heterocycles. The molecule has 23 heavy (non-hydrogen) atoms. The molecule has 0 aliphatic heterocycles. The van der Waals surface area contributed by atoms with Gasteiger partial charge in [-0.05, 0) is 20.8 Å². The lowest BCUT2D eigenvalue weighted by molar-refractivity contribution is -0.165. The Morgan fingerprint density at radius 1 is 0.957 bits per heavy atom. The van der Waals surface area contributed by atoms with Crippen molar-refractivity contribution in [3.63, 3.8) is 0 Å². The van der Waals surface area contributed by atoms with E-state index in [0.717, 1.165) is 0 Å². The van der Waals surface area contributed by atoms with Gasteiger partial charge in [-0.2, -0.15) is 0 Å². The molecular weight excluding hydrogens is 308 g/mol. The highest BCUT2D eigenvalue weighted by Crippen LogP contribution is 2.17. The van der Waals surface area contributed by atoms with Crippen molar-refractivity contribution in [2.24, 2.45) is 0 Å². The van der Waals surface area contributed by atoms with Gasteiger partial charge >= 0.3 is 24.1 Å². The van der Waals surface area contributed by atoms with Gasteiger partial charge in [-0.3, -0.25) is 0 Å². The van der Waals surface area contributed by atoms with Gasteiger partial charge in [0.15, 0.2) is 0 Å². The summed E-state index contributed by atoms with van der Waals surface area (Å²) in [4.78, 5) is 47.5. The molecule has 0 spiro atoms. The maximum Gasteiger partial charge on any atom is 0.415 e. The Bertz CT molecular complexity index is 444. The first kappa shape index (κ1) is 20.4. The molecule has 0 bridgehead atoms. The SMILES string of the molecule is C=CCC(NC(=O)NC(=O)OCC)(C(=O)OCC)C(=O)OCC. The van der Waals surface area contributed by atoms with Crippen LogP contribution < -0.4 is 10.6 Å². The molecule has 0 unspecified atom stereocenters. The highest BCUT2D eigenvalue weighted by Gasteiger charge is 2.49. The van der Waals surface area contributed by atoms with Crippen LogP contribution in [0, 0.1) is 0 Å². The molecule has 0 atom stereocenters. The van der Waals surface area contributed by atoms with Gasteiger partial charge < -0.3 is 19.5 Å². The monoisotopic (exact) mass is 330 g/mol. The van der Waals surface area contributed by atoms with Gasteiger partial charge in [-0.15, -0.1) is 6.58 Å². The lowest BCUT2D eigenvalue weighted by Gasteiger charge is -2.28. The van der Waals surface area contributed by atoms with E-state index in [1.165, 1.54) is 6.08 Å². The summed E-state index contributed by atoms with van der Waals surface area (Å²) in [6.45, 7) is 8.10. The molecule has 0 aliphatic rings. The minimum Gasteiger partial charge on any atom is -0.464 e. The summed E-state index contributed by atoms with van der Waals surface area (Å²) >= 11 is 0. The highest BCUT2D eigenvalue weighted by atomic mass is 16.6. The molecule has 0 aromatic carbocycles. The zero-order valence-corrected chi connectivity index (χ0v) is 13.5. The molecule has 130 valence electrons. The molecule has 3 amide bonds. The van der Waals surface area contributed by atoms with Crippen molar-refractivity contribution in [3.05, 3.63) is 12.7 Å². The lowest BCUT2D eigenvalue weighted by atomic mass is 9.95. The molecule has 0 saturated heterocycles. The smallest absolute Gasteiger partial charge is 0.415 e. The van der Waals surface area contributed by atoms with Crippen LogP contribution in [0.2, 0.25) is 0 Å². The summed E-state index contributed by atoms with van der Waals surface area (Å²) in [6, 6.07) is -1.11. The molecule has 9 heteroatoms. The van der Waals surface area contributed by atoms with Crippen molar-refractivity contribution in [2.75, 3.05) is 19.8 Å². The number of hydrogen-bond acceptors (Lipinski definition) is 7. The third-order valence-corrected chi connectivity index (χ3v) is 2.52. The van der Waals surface area contributed by atoms with Crippen LogP contribution >= 0.6 is 0 Å². The fourth-order valence-corrected chi connectivity index (χ4v) is 1.61. The summed E-state index contributed by atoms with van der Waals surface area (Å²) in [5.74, 6) is -2.03. The van der Waals surface area contributed by atoms with Gasteiger partial charge in [0.05, 0.1) is 19.8 Å². The average Bonchev–Trinajstić information content (AvgIpc) is 2.47. The van der Waals surface area contributed by atoms with Gasteiger partial charge in [0.25, 0.3) is 0 Å². The molecule has 0 saturated carbocycles. The highest BCUT2D eigenvalue weighted by molar-refractivity contribution is 6.08. The van der Waals surface area contributed by atoms with Crippen LogP contribution in [0.5, 0.6) is 0 Å². The largest absolute Gasteiger partial charge is 0.464 e. The second-order valence-electron chi connectivity index (χ2n) is 4.14.